The molecule has 0 aliphatic rings. The fourth-order valence-corrected chi connectivity index (χ4v) is 40.8. The van der Waals surface area contributed by atoms with E-state index >= 15 is 0 Å². The molecular weight excluding hydrogens is 916 g/mol. The van der Waals surface area contributed by atoms with Crippen molar-refractivity contribution < 1.29 is 9.31 Å². The zero-order chi connectivity index (χ0) is 40.8. The molecule has 0 spiro atoms. The monoisotopic (exact) mass is 988 g/mol. The SMILES string of the molecule is CCOB(/C=[C](/c1ccsc1)[Sn]([c]1ccccc1)([c]1ccccc1)[c]1ccccc1)OCC.[B]C(=[C](CN(C)C)[Sn]([CH2]CCC)([CH2]CCC)[CH2]CCC)N(C)C. The zero-order valence-electron chi connectivity index (χ0n) is 36.2. The summed E-state index contributed by atoms with van der Waals surface area (Å²) in [4.78, 5) is 4.50. The average Bonchev–Trinajstić information content (AvgIpc) is 3.76. The Kier molecular flexibility index (Phi) is 22.9. The Morgan fingerprint density at radius 1 is 0.661 bits per heavy atom. The van der Waals surface area contributed by atoms with Crippen LogP contribution in [0.15, 0.2) is 123 Å². The summed E-state index contributed by atoms with van der Waals surface area (Å²) in [5, 5.41) is 4.43. The van der Waals surface area contributed by atoms with Crippen LogP contribution in [0.2, 0.25) is 13.3 Å². The maximum atomic E-state index is 6.64. The van der Waals surface area contributed by atoms with Gasteiger partial charge in [0.25, 0.3) is 0 Å². The minimum absolute atomic E-state index is 0.387. The Morgan fingerprint density at radius 3 is 1.41 bits per heavy atom. The summed E-state index contributed by atoms with van der Waals surface area (Å²) in [6.07, 6.45) is 8.11. The van der Waals surface area contributed by atoms with Crippen LogP contribution in [-0.4, -0.2) is 109 Å². The van der Waals surface area contributed by atoms with Crippen molar-refractivity contribution >= 4 is 77.4 Å². The van der Waals surface area contributed by atoms with E-state index in [1.54, 1.807) is 14.9 Å². The van der Waals surface area contributed by atoms with Gasteiger partial charge in [0.1, 0.15) is 0 Å². The molecule has 300 valence electrons. The van der Waals surface area contributed by atoms with Crippen LogP contribution in [-0.2, 0) is 9.31 Å². The van der Waals surface area contributed by atoms with Gasteiger partial charge in [-0.3, -0.25) is 0 Å². The summed E-state index contributed by atoms with van der Waals surface area (Å²) >= 11 is -4.44. The Morgan fingerprint density at radius 2 is 1.09 bits per heavy atom. The van der Waals surface area contributed by atoms with Crippen molar-refractivity contribution in [2.75, 3.05) is 47.9 Å². The van der Waals surface area contributed by atoms with Crippen LogP contribution in [0, 0.1) is 0 Å². The molecule has 0 saturated heterocycles. The quantitative estimate of drug-likeness (QED) is 0.0692. The van der Waals surface area contributed by atoms with Gasteiger partial charge in [-0.25, -0.2) is 0 Å². The van der Waals surface area contributed by atoms with Crippen molar-refractivity contribution in [1.29, 1.82) is 0 Å². The molecule has 9 heteroatoms. The molecule has 0 bridgehead atoms. The van der Waals surface area contributed by atoms with Crippen LogP contribution in [0.25, 0.3) is 3.59 Å². The number of rotatable bonds is 23. The molecule has 0 atom stereocenters. The van der Waals surface area contributed by atoms with Gasteiger partial charge in [-0.15, -0.1) is 0 Å². The van der Waals surface area contributed by atoms with E-state index in [0.717, 1.165) is 12.1 Å². The zero-order valence-corrected chi connectivity index (χ0v) is 42.8. The van der Waals surface area contributed by atoms with Crippen LogP contribution < -0.4 is 10.7 Å². The molecule has 1 aromatic heterocycles. The van der Waals surface area contributed by atoms with E-state index in [4.69, 9.17) is 17.2 Å². The van der Waals surface area contributed by atoms with Crippen molar-refractivity contribution in [1.82, 2.24) is 9.80 Å². The van der Waals surface area contributed by atoms with E-state index in [1.165, 1.54) is 71.7 Å². The number of thiophene rings is 1. The van der Waals surface area contributed by atoms with Gasteiger partial charge in [-0.05, 0) is 0 Å². The number of hydrogen-bond acceptors (Lipinski definition) is 5. The molecule has 4 aromatic rings. The van der Waals surface area contributed by atoms with Crippen LogP contribution in [0.1, 0.15) is 78.7 Å². The minimum atomic E-state index is -3.76. The van der Waals surface area contributed by atoms with Crippen LogP contribution in [0.3, 0.4) is 0 Å². The predicted molar refractivity (Wildman–Crippen MR) is 255 cm³/mol. The fraction of sp³-hybridized carbons (Fsp3) is 0.447. The summed E-state index contributed by atoms with van der Waals surface area (Å²) in [5.74, 6) is 2.26. The first-order valence-corrected chi connectivity index (χ1v) is 35.2. The third-order valence-electron chi connectivity index (χ3n) is 10.8. The third kappa shape index (κ3) is 13.7. The molecule has 0 N–H and O–H groups in total. The Balaban J connectivity index is 0.000000324. The fourth-order valence-electron chi connectivity index (χ4n) is 7.98. The second-order valence-electron chi connectivity index (χ2n) is 15.3. The molecule has 56 heavy (non-hydrogen) atoms. The molecular formula is C47H70B2N2O2SSn2. The molecule has 1 heterocycles. The summed E-state index contributed by atoms with van der Waals surface area (Å²) < 4.78 is 23.8. The molecule has 0 aliphatic heterocycles. The number of likely N-dealkylation sites (N-methyl/N-ethyl adjacent to an activating group) is 1. The van der Waals surface area contributed by atoms with Gasteiger partial charge in [-0.2, -0.15) is 0 Å². The molecule has 0 fully saturated rings. The molecule has 0 aliphatic carbocycles. The first-order valence-electron chi connectivity index (χ1n) is 21.1. The summed E-state index contributed by atoms with van der Waals surface area (Å²) in [7, 11) is 14.9. The molecule has 0 unspecified atom stereocenters. The number of unbranched alkanes of at least 4 members (excludes halogenated alkanes) is 3. The van der Waals surface area contributed by atoms with Crippen molar-refractivity contribution in [2.24, 2.45) is 0 Å². The van der Waals surface area contributed by atoms with E-state index in [2.05, 4.69) is 173 Å². The van der Waals surface area contributed by atoms with Crippen molar-refractivity contribution in [3.8, 4) is 0 Å². The first kappa shape index (κ1) is 48.6. The number of benzene rings is 3. The maximum absolute atomic E-state index is 6.64. The number of nitrogens with zero attached hydrogens (tertiary/aromatic N) is 2. The van der Waals surface area contributed by atoms with Gasteiger partial charge in [0.15, 0.2) is 0 Å². The summed E-state index contributed by atoms with van der Waals surface area (Å²) in [6, 6.07) is 35.4. The normalized spacial score (nSPS) is 12.6. The third-order valence-corrected chi connectivity index (χ3v) is 41.4. The molecule has 3 aromatic carbocycles. The Labute approximate surface area is 356 Å². The van der Waals surface area contributed by atoms with Crippen LogP contribution in [0.4, 0.5) is 0 Å². The van der Waals surface area contributed by atoms with E-state index in [1.807, 2.05) is 13.8 Å². The van der Waals surface area contributed by atoms with Gasteiger partial charge in [0, 0.05) is 0 Å². The van der Waals surface area contributed by atoms with Crippen molar-refractivity contribution in [2.45, 2.75) is 86.5 Å². The van der Waals surface area contributed by atoms with Crippen LogP contribution in [0.5, 0.6) is 0 Å². The predicted octanol–water partition coefficient (Wildman–Crippen LogP) is 9.82. The first-order chi connectivity index (χ1) is 27.1. The summed E-state index contributed by atoms with van der Waals surface area (Å²) in [5.41, 5.74) is 2.34. The topological polar surface area (TPSA) is 24.9 Å². The van der Waals surface area contributed by atoms with Gasteiger partial charge < -0.3 is 0 Å². The second kappa shape index (κ2) is 26.4. The van der Waals surface area contributed by atoms with E-state index < -0.39 is 36.8 Å². The van der Waals surface area contributed by atoms with Crippen molar-refractivity contribution in [3.05, 3.63) is 129 Å². The van der Waals surface area contributed by atoms with Gasteiger partial charge in [-0.1, -0.05) is 0 Å². The Hall–Kier alpha value is -1.75. The molecule has 2 radical (unpaired) electrons. The van der Waals surface area contributed by atoms with Gasteiger partial charge >= 0.3 is 359 Å². The Bertz CT molecular complexity index is 1560. The second-order valence-corrected chi connectivity index (χ2v) is 40.2. The molecule has 0 saturated carbocycles. The molecule has 4 nitrogen and oxygen atoms in total. The van der Waals surface area contributed by atoms with Gasteiger partial charge in [0.2, 0.25) is 0 Å². The van der Waals surface area contributed by atoms with Crippen LogP contribution >= 0.6 is 11.3 Å². The van der Waals surface area contributed by atoms with Gasteiger partial charge in [0.05, 0.1) is 0 Å². The number of hydrogen-bond donors (Lipinski definition) is 0. The van der Waals surface area contributed by atoms with E-state index in [-0.39, 0.29) is 7.12 Å². The van der Waals surface area contributed by atoms with Crippen molar-refractivity contribution in [3.63, 3.8) is 0 Å². The van der Waals surface area contributed by atoms with E-state index in [9.17, 15) is 0 Å². The summed E-state index contributed by atoms with van der Waals surface area (Å²) in [6.45, 7) is 13.3. The average molecular weight is 986 g/mol. The standard InChI is InChI=1S/C10H14BO2S.C7H14BN2.3C6H5.3C4H9.2Sn/c1-3-12-11(13-4-2)7-5-10-6-8-14-9-10;1-9(2)6-5-7(8)10(3)4;3*1-2-4-6-5-3-1;3*1-3-4-2;;/h6-9H,3-4H2,1-2H3;6H2,1-4H3;3*1-5H;3*1,3-4H2,2H3;;. The molecule has 0 amide bonds. The van der Waals surface area contributed by atoms with E-state index in [0.29, 0.717) is 13.2 Å². The molecule has 4 rings (SSSR count).